The van der Waals surface area contributed by atoms with Crippen molar-refractivity contribution in [3.63, 3.8) is 0 Å². The van der Waals surface area contributed by atoms with Gasteiger partial charge in [-0.3, -0.25) is 0 Å². The molecule has 1 radical (unpaired) electrons. The molecule has 0 aromatic rings. The molecule has 0 aliphatic heterocycles. The van der Waals surface area contributed by atoms with Gasteiger partial charge in [0.1, 0.15) is 0 Å². The minimum absolute atomic E-state index is 0. The number of hydrogen-bond acceptors (Lipinski definition) is 0. The number of rotatable bonds is 0. The van der Waals surface area contributed by atoms with Crippen LogP contribution in [0.1, 0.15) is 0 Å². The first-order valence-electron chi connectivity index (χ1n) is 0.228. The van der Waals surface area contributed by atoms with Gasteiger partial charge < -0.3 is 0 Å². The molecule has 0 saturated carbocycles. The zero-order valence-corrected chi connectivity index (χ0v) is 6.60. The van der Waals surface area contributed by atoms with E-state index in [-0.39, 0.29) is 20.4 Å². The summed E-state index contributed by atoms with van der Waals surface area (Å²) >= 11 is 0.757. The Bertz CT molecular complexity index is 6.00. The maximum Gasteiger partial charge on any atom is 0 e. The van der Waals surface area contributed by atoms with Gasteiger partial charge in [-0.15, -0.1) is 0 Å². The second kappa shape index (κ2) is 8.83. The molecule has 4 heteroatoms. The van der Waals surface area contributed by atoms with Crippen LogP contribution in [-0.2, 0) is 33.6 Å². The van der Waals surface area contributed by atoms with Gasteiger partial charge in [-0.25, -0.2) is 0 Å². The van der Waals surface area contributed by atoms with Crippen LogP contribution in [0, 0.1) is 0 Å². The third-order valence-corrected chi connectivity index (χ3v) is 0. The standard InChI is InChI=1S/2ClH.Cu.Re/h2*1H;;/q;;+2;/p-2. The summed E-state index contributed by atoms with van der Waals surface area (Å²) in [7, 11) is 9.34. The van der Waals surface area contributed by atoms with Crippen molar-refractivity contribution < 1.29 is 33.6 Å². The van der Waals surface area contributed by atoms with Crippen LogP contribution in [0.25, 0.3) is 0 Å². The SMILES string of the molecule is [Cl][Cu][Cl].[Re]. The molecule has 0 spiro atoms. The van der Waals surface area contributed by atoms with Crippen molar-refractivity contribution in [1.82, 2.24) is 0 Å². The fraction of sp³-hybridized carbons (Fsp3) is 0. The molecule has 0 atom stereocenters. The predicted molar refractivity (Wildman–Crippen MR) is 11.7 cm³/mol. The van der Waals surface area contributed by atoms with Crippen molar-refractivity contribution in [1.29, 1.82) is 0 Å². The minimum atomic E-state index is 0. The molecule has 0 fully saturated rings. The second-order valence-corrected chi connectivity index (χ2v) is 1.60. The predicted octanol–water partition coefficient (Wildman–Crippen LogP) is 1.37. The maximum atomic E-state index is 4.67. The van der Waals surface area contributed by atoms with Crippen LogP contribution in [0.3, 0.4) is 0 Å². The quantitative estimate of drug-likeness (QED) is 0.592. The normalized spacial score (nSPS) is 5.50. The summed E-state index contributed by atoms with van der Waals surface area (Å²) in [5.41, 5.74) is 0. The molecule has 0 aromatic heterocycles. The Morgan fingerprint density at radius 1 is 1.25 bits per heavy atom. The van der Waals surface area contributed by atoms with E-state index < -0.39 is 0 Å². The third kappa shape index (κ3) is 9.24. The van der Waals surface area contributed by atoms with Crippen molar-refractivity contribution in [3.05, 3.63) is 0 Å². The van der Waals surface area contributed by atoms with Crippen molar-refractivity contribution >= 4 is 20.2 Å². The summed E-state index contributed by atoms with van der Waals surface area (Å²) in [5, 5.41) is 0. The van der Waals surface area contributed by atoms with Crippen LogP contribution in [0.2, 0.25) is 0 Å². The summed E-state index contributed by atoms with van der Waals surface area (Å²) in [6, 6.07) is 0. The molecular weight excluding hydrogens is 321 g/mol. The summed E-state index contributed by atoms with van der Waals surface area (Å²) in [4.78, 5) is 0. The van der Waals surface area contributed by atoms with Crippen LogP contribution >= 0.6 is 20.2 Å². The Kier molecular flexibility index (Phi) is 20.4. The van der Waals surface area contributed by atoms with E-state index in [2.05, 4.69) is 20.2 Å². The molecule has 0 rings (SSSR count). The van der Waals surface area contributed by atoms with Gasteiger partial charge in [-0.1, -0.05) is 0 Å². The summed E-state index contributed by atoms with van der Waals surface area (Å²) in [5.74, 6) is 0. The van der Waals surface area contributed by atoms with Gasteiger partial charge >= 0.3 is 33.3 Å². The molecular formula is Cl2CuRe. The van der Waals surface area contributed by atoms with Crippen LogP contribution in [0.5, 0.6) is 0 Å². The largest absolute Gasteiger partial charge is 0 e. The van der Waals surface area contributed by atoms with Gasteiger partial charge in [0.05, 0.1) is 0 Å². The molecule has 4 heavy (non-hydrogen) atoms. The molecule has 0 bridgehead atoms. The van der Waals surface area contributed by atoms with E-state index in [4.69, 9.17) is 0 Å². The first kappa shape index (κ1) is 9.23. The van der Waals surface area contributed by atoms with Gasteiger partial charge in [0.2, 0.25) is 0 Å². The zero-order valence-electron chi connectivity index (χ0n) is 1.44. The van der Waals surface area contributed by atoms with Crippen molar-refractivity contribution in [2.24, 2.45) is 0 Å². The Balaban J connectivity index is 0. The van der Waals surface area contributed by atoms with Gasteiger partial charge in [0.15, 0.2) is 0 Å². The fourth-order valence-corrected chi connectivity index (χ4v) is 0. The number of halogens is 2. The van der Waals surface area contributed by atoms with Crippen LogP contribution in [0.15, 0.2) is 0 Å². The van der Waals surface area contributed by atoms with Gasteiger partial charge in [0, 0.05) is 20.4 Å². The first-order chi connectivity index (χ1) is 1.41. The first-order valence-corrected chi connectivity index (χ1v) is 2.82. The van der Waals surface area contributed by atoms with Crippen LogP contribution in [0.4, 0.5) is 0 Å². The average molecular weight is 321 g/mol. The van der Waals surface area contributed by atoms with E-state index in [0.29, 0.717) is 0 Å². The molecule has 0 saturated heterocycles. The van der Waals surface area contributed by atoms with Gasteiger partial charge in [0.25, 0.3) is 0 Å². The van der Waals surface area contributed by atoms with Gasteiger partial charge in [-0.05, 0) is 0 Å². The van der Waals surface area contributed by atoms with E-state index in [1.807, 2.05) is 0 Å². The average Bonchev–Trinajstić information content (AvgIpc) is 0.918. The Morgan fingerprint density at radius 2 is 1.25 bits per heavy atom. The molecule has 0 heterocycles. The zero-order chi connectivity index (χ0) is 2.71. The summed E-state index contributed by atoms with van der Waals surface area (Å²) in [6.07, 6.45) is 0. The van der Waals surface area contributed by atoms with E-state index in [1.54, 1.807) is 0 Å². The third-order valence-electron chi connectivity index (χ3n) is 0. The molecule has 0 nitrogen and oxygen atoms in total. The molecule has 0 aliphatic carbocycles. The van der Waals surface area contributed by atoms with Gasteiger partial charge in [-0.2, -0.15) is 0 Å². The van der Waals surface area contributed by atoms with E-state index >= 15 is 0 Å². The van der Waals surface area contributed by atoms with Crippen molar-refractivity contribution in [2.75, 3.05) is 0 Å². The molecule has 0 aromatic carbocycles. The smallest absolute Gasteiger partial charge is 0 e. The van der Waals surface area contributed by atoms with E-state index in [1.165, 1.54) is 0 Å². The summed E-state index contributed by atoms with van der Waals surface area (Å²) in [6.45, 7) is 0. The van der Waals surface area contributed by atoms with E-state index in [9.17, 15) is 0 Å². The monoisotopic (exact) mass is 320 g/mol. The fourth-order valence-electron chi connectivity index (χ4n) is 0. The molecule has 0 N–H and O–H groups in total. The minimum Gasteiger partial charge on any atom is 0 e. The summed E-state index contributed by atoms with van der Waals surface area (Å²) < 4.78 is 0. The number of hydrogen-bond donors (Lipinski definition) is 0. The Morgan fingerprint density at radius 3 is 1.25 bits per heavy atom. The van der Waals surface area contributed by atoms with Crippen LogP contribution < -0.4 is 0 Å². The molecule has 0 unspecified atom stereocenters. The molecule has 0 amide bonds. The maximum absolute atomic E-state index is 4.67. The van der Waals surface area contributed by atoms with Crippen molar-refractivity contribution in [3.8, 4) is 0 Å². The van der Waals surface area contributed by atoms with E-state index in [0.717, 1.165) is 13.1 Å². The Hall–Kier alpha value is 1.76. The second-order valence-electron chi connectivity index (χ2n) is 0.0431. The van der Waals surface area contributed by atoms with Crippen LogP contribution in [-0.4, -0.2) is 0 Å². The Labute approximate surface area is 53.5 Å². The van der Waals surface area contributed by atoms with Crippen molar-refractivity contribution in [2.45, 2.75) is 0 Å². The molecule has 32 valence electrons. The topological polar surface area (TPSA) is 0 Å². The molecule has 0 aliphatic rings.